The Hall–Kier alpha value is -0.810. The highest BCUT2D eigenvalue weighted by Gasteiger charge is 2.14. The predicted molar refractivity (Wildman–Crippen MR) is 67.7 cm³/mol. The monoisotopic (exact) mass is 241 g/mol. The van der Waals surface area contributed by atoms with E-state index in [1.165, 1.54) is 0 Å². The van der Waals surface area contributed by atoms with E-state index in [-0.39, 0.29) is 6.04 Å². The van der Waals surface area contributed by atoms with Gasteiger partial charge in [0.1, 0.15) is 5.69 Å². The summed E-state index contributed by atoms with van der Waals surface area (Å²) >= 11 is 1.84. The first-order valence-electron chi connectivity index (χ1n) is 5.33. The molecule has 1 aromatic heterocycles. The molecule has 0 fully saturated rings. The third-order valence-corrected chi connectivity index (χ3v) is 3.48. The molecule has 2 N–H and O–H groups in total. The smallest absolute Gasteiger partial charge is 0.237 e. The van der Waals surface area contributed by atoms with Crippen LogP contribution in [-0.4, -0.2) is 28.6 Å². The minimum Gasteiger partial charge on any atom is -0.480 e. The maximum absolute atomic E-state index is 6.05. The van der Waals surface area contributed by atoms with E-state index in [4.69, 9.17) is 10.5 Å². The van der Waals surface area contributed by atoms with E-state index < -0.39 is 0 Å². The van der Waals surface area contributed by atoms with Gasteiger partial charge in [-0.1, -0.05) is 13.8 Å². The molecular formula is C11H19N3OS. The molecule has 1 rings (SSSR count). The lowest BCUT2D eigenvalue weighted by Crippen LogP contribution is -2.17. The highest BCUT2D eigenvalue weighted by atomic mass is 32.2. The summed E-state index contributed by atoms with van der Waals surface area (Å²) in [7, 11) is 1.58. The Kier molecular flexibility index (Phi) is 5.55. The van der Waals surface area contributed by atoms with Crippen molar-refractivity contribution >= 4 is 11.8 Å². The molecule has 0 aliphatic carbocycles. The molecule has 0 aliphatic rings. The lowest BCUT2D eigenvalue weighted by atomic mass is 10.2. The normalized spacial score (nSPS) is 12.8. The summed E-state index contributed by atoms with van der Waals surface area (Å²) in [6.07, 6.45) is 3.25. The average molecular weight is 241 g/mol. The zero-order valence-electron chi connectivity index (χ0n) is 10.0. The Labute approximate surface area is 101 Å². The maximum atomic E-state index is 6.05. The minimum atomic E-state index is -0.118. The topological polar surface area (TPSA) is 61.0 Å². The summed E-state index contributed by atoms with van der Waals surface area (Å²) in [6.45, 7) is 4.39. The van der Waals surface area contributed by atoms with E-state index in [9.17, 15) is 0 Å². The van der Waals surface area contributed by atoms with Gasteiger partial charge in [0.15, 0.2) is 0 Å². The molecule has 0 aromatic carbocycles. The first-order valence-corrected chi connectivity index (χ1v) is 6.48. The number of hydrogen-bond acceptors (Lipinski definition) is 5. The zero-order valence-corrected chi connectivity index (χ0v) is 10.8. The van der Waals surface area contributed by atoms with Crippen molar-refractivity contribution in [1.29, 1.82) is 0 Å². The molecule has 1 aromatic rings. The molecule has 0 aliphatic heterocycles. The number of aromatic nitrogens is 2. The quantitative estimate of drug-likeness (QED) is 0.824. The van der Waals surface area contributed by atoms with Crippen LogP contribution in [0, 0.1) is 5.92 Å². The van der Waals surface area contributed by atoms with Crippen molar-refractivity contribution in [2.75, 3.05) is 18.6 Å². The lowest BCUT2D eigenvalue weighted by molar-refractivity contribution is 0.386. The van der Waals surface area contributed by atoms with E-state index in [1.54, 1.807) is 19.5 Å². The van der Waals surface area contributed by atoms with E-state index in [0.717, 1.165) is 17.2 Å². The van der Waals surface area contributed by atoms with Crippen LogP contribution in [0.15, 0.2) is 12.4 Å². The molecule has 0 bridgehead atoms. The van der Waals surface area contributed by atoms with Gasteiger partial charge in [0.2, 0.25) is 5.88 Å². The molecule has 90 valence electrons. The molecule has 1 atom stereocenters. The summed E-state index contributed by atoms with van der Waals surface area (Å²) in [5.41, 5.74) is 6.79. The van der Waals surface area contributed by atoms with E-state index in [1.807, 2.05) is 11.8 Å². The van der Waals surface area contributed by atoms with Crippen molar-refractivity contribution < 1.29 is 4.74 Å². The van der Waals surface area contributed by atoms with Gasteiger partial charge in [-0.05, 0) is 11.7 Å². The van der Waals surface area contributed by atoms with Gasteiger partial charge >= 0.3 is 0 Å². The Morgan fingerprint density at radius 3 is 2.62 bits per heavy atom. The highest BCUT2D eigenvalue weighted by Crippen LogP contribution is 2.21. The van der Waals surface area contributed by atoms with Crippen molar-refractivity contribution in [3.63, 3.8) is 0 Å². The molecule has 0 radical (unpaired) electrons. The van der Waals surface area contributed by atoms with Gasteiger partial charge in [-0.15, -0.1) is 0 Å². The first kappa shape index (κ1) is 13.3. The lowest BCUT2D eigenvalue weighted by Gasteiger charge is -2.13. The Morgan fingerprint density at radius 1 is 1.31 bits per heavy atom. The fraction of sp³-hybridized carbons (Fsp3) is 0.636. The van der Waals surface area contributed by atoms with Crippen molar-refractivity contribution in [2.24, 2.45) is 11.7 Å². The van der Waals surface area contributed by atoms with Crippen molar-refractivity contribution in [3.05, 3.63) is 18.1 Å². The van der Waals surface area contributed by atoms with Gasteiger partial charge in [0.05, 0.1) is 13.2 Å². The molecule has 4 nitrogen and oxygen atoms in total. The largest absolute Gasteiger partial charge is 0.480 e. The van der Waals surface area contributed by atoms with Gasteiger partial charge in [-0.25, -0.2) is 4.98 Å². The molecular weight excluding hydrogens is 222 g/mol. The molecule has 0 saturated carbocycles. The second-order valence-corrected chi connectivity index (χ2v) is 5.06. The molecule has 0 spiro atoms. The van der Waals surface area contributed by atoms with Crippen LogP contribution >= 0.6 is 11.8 Å². The van der Waals surface area contributed by atoms with E-state index in [2.05, 4.69) is 23.8 Å². The fourth-order valence-corrected chi connectivity index (χ4v) is 2.28. The number of hydrogen-bond donors (Lipinski definition) is 1. The third-order valence-electron chi connectivity index (χ3n) is 1.98. The van der Waals surface area contributed by atoms with E-state index >= 15 is 0 Å². The Bertz CT molecular complexity index is 320. The Morgan fingerprint density at radius 2 is 2.00 bits per heavy atom. The molecule has 5 heteroatoms. The van der Waals surface area contributed by atoms with Crippen molar-refractivity contribution in [1.82, 2.24) is 9.97 Å². The number of nitrogens with two attached hydrogens (primary N) is 1. The Balaban J connectivity index is 2.55. The van der Waals surface area contributed by atoms with E-state index in [0.29, 0.717) is 11.8 Å². The van der Waals surface area contributed by atoms with Crippen LogP contribution in [0.4, 0.5) is 0 Å². The van der Waals surface area contributed by atoms with Crippen LogP contribution in [0.5, 0.6) is 5.88 Å². The number of methoxy groups -OCH3 is 1. The summed E-state index contributed by atoms with van der Waals surface area (Å²) < 4.78 is 5.13. The SMILES string of the molecule is COc1nccnc1C(N)CSCC(C)C. The van der Waals surface area contributed by atoms with Crippen LogP contribution < -0.4 is 10.5 Å². The molecule has 1 heterocycles. The minimum absolute atomic E-state index is 0.118. The average Bonchev–Trinajstić information content (AvgIpc) is 2.28. The highest BCUT2D eigenvalue weighted by molar-refractivity contribution is 7.99. The molecule has 16 heavy (non-hydrogen) atoms. The van der Waals surface area contributed by atoms with Gasteiger partial charge in [-0.3, -0.25) is 4.98 Å². The molecule has 0 amide bonds. The predicted octanol–water partition coefficient (Wildman–Crippen LogP) is 1.87. The number of rotatable bonds is 6. The van der Waals surface area contributed by atoms with Crippen LogP contribution in [0.1, 0.15) is 25.6 Å². The zero-order chi connectivity index (χ0) is 12.0. The third kappa shape index (κ3) is 3.98. The number of thioether (sulfide) groups is 1. The number of nitrogens with zero attached hydrogens (tertiary/aromatic N) is 2. The van der Waals surface area contributed by atoms with Crippen LogP contribution in [0.25, 0.3) is 0 Å². The first-order chi connectivity index (χ1) is 7.65. The summed E-state index contributed by atoms with van der Waals surface area (Å²) in [5, 5.41) is 0. The summed E-state index contributed by atoms with van der Waals surface area (Å²) in [5.74, 6) is 3.16. The second kappa shape index (κ2) is 6.70. The summed E-state index contributed by atoms with van der Waals surface area (Å²) in [6, 6.07) is -0.118. The van der Waals surface area contributed by atoms with Gasteiger partial charge in [0.25, 0.3) is 0 Å². The van der Waals surface area contributed by atoms with Crippen LogP contribution in [0.2, 0.25) is 0 Å². The number of ether oxygens (including phenoxy) is 1. The van der Waals surface area contributed by atoms with Crippen LogP contribution in [-0.2, 0) is 0 Å². The fourth-order valence-electron chi connectivity index (χ4n) is 1.26. The van der Waals surface area contributed by atoms with Crippen molar-refractivity contribution in [2.45, 2.75) is 19.9 Å². The molecule has 0 saturated heterocycles. The van der Waals surface area contributed by atoms with Gasteiger partial charge in [0, 0.05) is 18.1 Å². The maximum Gasteiger partial charge on any atom is 0.237 e. The second-order valence-electron chi connectivity index (χ2n) is 3.99. The van der Waals surface area contributed by atoms with Crippen molar-refractivity contribution in [3.8, 4) is 5.88 Å². The van der Waals surface area contributed by atoms with Gasteiger partial charge < -0.3 is 10.5 Å². The van der Waals surface area contributed by atoms with Gasteiger partial charge in [-0.2, -0.15) is 11.8 Å². The molecule has 1 unspecified atom stereocenters. The standard InChI is InChI=1S/C11H19N3OS/c1-8(2)6-16-7-9(12)10-11(15-3)14-5-4-13-10/h4-5,8-9H,6-7,12H2,1-3H3. The van der Waals surface area contributed by atoms with Crippen LogP contribution in [0.3, 0.4) is 0 Å². The summed E-state index contributed by atoms with van der Waals surface area (Å²) in [4.78, 5) is 8.31.